The van der Waals surface area contributed by atoms with Crippen molar-refractivity contribution in [2.75, 3.05) is 24.4 Å². The minimum absolute atomic E-state index is 0.162. The van der Waals surface area contributed by atoms with E-state index in [0.717, 1.165) is 9.87 Å². The summed E-state index contributed by atoms with van der Waals surface area (Å²) < 4.78 is 27.3. The molecule has 3 rings (SSSR count). The molecule has 29 heavy (non-hydrogen) atoms. The van der Waals surface area contributed by atoms with Crippen LogP contribution < -0.4 is 10.0 Å². The third-order valence-electron chi connectivity index (χ3n) is 5.34. The van der Waals surface area contributed by atoms with E-state index in [9.17, 15) is 18.0 Å². The molecule has 1 fully saturated rings. The predicted octanol–water partition coefficient (Wildman–Crippen LogP) is 2.16. The number of anilines is 1. The molecule has 154 valence electrons. The highest BCUT2D eigenvalue weighted by Gasteiger charge is 2.30. The van der Waals surface area contributed by atoms with E-state index in [1.165, 1.54) is 7.05 Å². The molecule has 0 saturated carbocycles. The quantitative estimate of drug-likeness (QED) is 0.809. The van der Waals surface area contributed by atoms with Crippen LogP contribution in [0.15, 0.2) is 53.4 Å². The van der Waals surface area contributed by atoms with Crippen LogP contribution in [0.5, 0.6) is 0 Å². The third-order valence-corrected chi connectivity index (χ3v) is 7.12. The molecule has 0 spiro atoms. The second-order valence-electron chi connectivity index (χ2n) is 7.27. The van der Waals surface area contributed by atoms with E-state index in [4.69, 9.17) is 5.73 Å². The molecule has 0 aromatic heterocycles. The fourth-order valence-electron chi connectivity index (χ4n) is 3.46. The third kappa shape index (κ3) is 4.27. The highest BCUT2D eigenvalue weighted by atomic mass is 32.2. The van der Waals surface area contributed by atoms with E-state index in [1.807, 2.05) is 6.92 Å². The minimum Gasteiger partial charge on any atom is -0.369 e. The van der Waals surface area contributed by atoms with Gasteiger partial charge in [0.25, 0.3) is 15.9 Å². The first-order valence-electron chi connectivity index (χ1n) is 9.45. The van der Waals surface area contributed by atoms with E-state index in [0.29, 0.717) is 37.2 Å². The number of sulfonamides is 1. The lowest BCUT2D eigenvalue weighted by Gasteiger charge is -2.32. The summed E-state index contributed by atoms with van der Waals surface area (Å²) in [5.41, 5.74) is 6.94. The Morgan fingerprint density at radius 3 is 2.21 bits per heavy atom. The Bertz CT molecular complexity index is 1010. The van der Waals surface area contributed by atoms with Crippen LogP contribution in [-0.4, -0.2) is 45.3 Å². The SMILES string of the molecule is Cc1ccc(S(=O)(=O)N(C)c2ccccc2C(=O)N2CCC(C(N)=O)CC2)cc1. The molecule has 7 nitrogen and oxygen atoms in total. The fraction of sp³-hybridized carbons (Fsp3) is 0.333. The van der Waals surface area contributed by atoms with Crippen LogP contribution in [0.4, 0.5) is 5.69 Å². The summed E-state index contributed by atoms with van der Waals surface area (Å²) in [6.07, 6.45) is 1.03. The van der Waals surface area contributed by atoms with Gasteiger partial charge in [0.2, 0.25) is 5.91 Å². The summed E-state index contributed by atoms with van der Waals surface area (Å²) in [6.45, 7) is 2.71. The number of carbonyl (C=O) groups excluding carboxylic acids is 2. The van der Waals surface area contributed by atoms with Crippen molar-refractivity contribution in [3.05, 3.63) is 59.7 Å². The Labute approximate surface area is 171 Å². The molecule has 1 heterocycles. The highest BCUT2D eigenvalue weighted by molar-refractivity contribution is 7.92. The van der Waals surface area contributed by atoms with Crippen molar-refractivity contribution in [3.63, 3.8) is 0 Å². The molecule has 0 aliphatic carbocycles. The Morgan fingerprint density at radius 2 is 1.62 bits per heavy atom. The molecule has 0 atom stereocenters. The number of nitrogens with two attached hydrogens (primary N) is 1. The smallest absolute Gasteiger partial charge is 0.264 e. The second kappa shape index (κ2) is 8.24. The summed E-state index contributed by atoms with van der Waals surface area (Å²) >= 11 is 0. The van der Waals surface area contributed by atoms with Gasteiger partial charge in [-0.15, -0.1) is 0 Å². The zero-order valence-corrected chi connectivity index (χ0v) is 17.4. The van der Waals surface area contributed by atoms with Crippen LogP contribution in [0.2, 0.25) is 0 Å². The number of amides is 2. The normalized spacial score (nSPS) is 15.2. The Hall–Kier alpha value is -2.87. The van der Waals surface area contributed by atoms with Gasteiger partial charge in [0.15, 0.2) is 0 Å². The van der Waals surface area contributed by atoms with Crippen LogP contribution >= 0.6 is 0 Å². The summed E-state index contributed by atoms with van der Waals surface area (Å²) in [6, 6.07) is 13.2. The molecular formula is C21H25N3O4S. The number of hydrogen-bond acceptors (Lipinski definition) is 4. The monoisotopic (exact) mass is 415 g/mol. The number of para-hydroxylation sites is 1. The average molecular weight is 416 g/mol. The minimum atomic E-state index is -3.81. The van der Waals surface area contributed by atoms with Crippen LogP contribution in [0, 0.1) is 12.8 Å². The first kappa shape index (κ1) is 20.9. The zero-order valence-electron chi connectivity index (χ0n) is 16.5. The Morgan fingerprint density at radius 1 is 1.03 bits per heavy atom. The first-order chi connectivity index (χ1) is 13.7. The van der Waals surface area contributed by atoms with Gasteiger partial charge in [-0.1, -0.05) is 29.8 Å². The number of piperidine rings is 1. The maximum Gasteiger partial charge on any atom is 0.264 e. The van der Waals surface area contributed by atoms with Crippen molar-refractivity contribution >= 4 is 27.5 Å². The summed E-state index contributed by atoms with van der Waals surface area (Å²) in [4.78, 5) is 26.3. The molecule has 2 N–H and O–H groups in total. The summed E-state index contributed by atoms with van der Waals surface area (Å²) in [5.74, 6) is -0.824. The molecule has 2 aromatic rings. The van der Waals surface area contributed by atoms with E-state index in [-0.39, 0.29) is 22.6 Å². The van der Waals surface area contributed by atoms with Gasteiger partial charge in [0, 0.05) is 26.1 Å². The van der Waals surface area contributed by atoms with Crippen LogP contribution in [-0.2, 0) is 14.8 Å². The Balaban J connectivity index is 1.88. The van der Waals surface area contributed by atoms with Gasteiger partial charge in [-0.25, -0.2) is 8.42 Å². The molecule has 0 bridgehead atoms. The summed E-state index contributed by atoms with van der Waals surface area (Å²) in [7, 11) is -2.37. The van der Waals surface area contributed by atoms with Crippen LogP contribution in [0.25, 0.3) is 0 Å². The van der Waals surface area contributed by atoms with E-state index < -0.39 is 10.0 Å². The molecular weight excluding hydrogens is 390 g/mol. The van der Waals surface area contributed by atoms with Gasteiger partial charge in [-0.2, -0.15) is 0 Å². The maximum absolute atomic E-state index is 13.1. The second-order valence-corrected chi connectivity index (χ2v) is 9.24. The molecule has 2 aromatic carbocycles. The number of likely N-dealkylation sites (tertiary alicyclic amines) is 1. The molecule has 1 saturated heterocycles. The first-order valence-corrected chi connectivity index (χ1v) is 10.9. The molecule has 0 unspecified atom stereocenters. The number of hydrogen-bond donors (Lipinski definition) is 1. The van der Waals surface area contributed by atoms with Crippen molar-refractivity contribution in [2.24, 2.45) is 11.7 Å². The average Bonchev–Trinajstić information content (AvgIpc) is 2.73. The van der Waals surface area contributed by atoms with Gasteiger partial charge in [-0.05, 0) is 44.0 Å². The van der Waals surface area contributed by atoms with E-state index in [2.05, 4.69) is 0 Å². The largest absolute Gasteiger partial charge is 0.369 e. The number of rotatable bonds is 5. The number of benzene rings is 2. The van der Waals surface area contributed by atoms with Crippen molar-refractivity contribution in [1.29, 1.82) is 0 Å². The van der Waals surface area contributed by atoms with E-state index >= 15 is 0 Å². The number of carbonyl (C=O) groups is 2. The number of aryl methyl sites for hydroxylation is 1. The lowest BCUT2D eigenvalue weighted by Crippen LogP contribution is -2.42. The predicted molar refractivity (Wildman–Crippen MR) is 111 cm³/mol. The highest BCUT2D eigenvalue weighted by Crippen LogP contribution is 2.28. The molecule has 8 heteroatoms. The number of primary amides is 1. The fourth-order valence-corrected chi connectivity index (χ4v) is 4.68. The molecule has 1 aliphatic heterocycles. The van der Waals surface area contributed by atoms with Gasteiger partial charge in [0.05, 0.1) is 16.1 Å². The van der Waals surface area contributed by atoms with Crippen molar-refractivity contribution in [1.82, 2.24) is 4.90 Å². The van der Waals surface area contributed by atoms with Crippen molar-refractivity contribution < 1.29 is 18.0 Å². The van der Waals surface area contributed by atoms with Crippen molar-refractivity contribution in [2.45, 2.75) is 24.7 Å². The maximum atomic E-state index is 13.1. The number of nitrogens with zero attached hydrogens (tertiary/aromatic N) is 2. The standard InChI is InChI=1S/C21H25N3O4S/c1-15-7-9-17(10-8-15)29(27,28)23(2)19-6-4-3-5-18(19)21(26)24-13-11-16(12-14-24)20(22)25/h3-10,16H,11-14H2,1-2H3,(H2,22,25). The van der Waals surface area contributed by atoms with Crippen molar-refractivity contribution in [3.8, 4) is 0 Å². The van der Waals surface area contributed by atoms with Gasteiger partial charge >= 0.3 is 0 Å². The van der Waals surface area contributed by atoms with Gasteiger partial charge in [-0.3, -0.25) is 13.9 Å². The van der Waals surface area contributed by atoms with Crippen LogP contribution in [0.1, 0.15) is 28.8 Å². The lowest BCUT2D eigenvalue weighted by molar-refractivity contribution is -0.123. The van der Waals surface area contributed by atoms with Gasteiger partial charge < -0.3 is 10.6 Å². The van der Waals surface area contributed by atoms with Gasteiger partial charge in [0.1, 0.15) is 0 Å². The van der Waals surface area contributed by atoms with Crippen LogP contribution in [0.3, 0.4) is 0 Å². The zero-order chi connectivity index (χ0) is 21.2. The lowest BCUT2D eigenvalue weighted by atomic mass is 9.95. The van der Waals surface area contributed by atoms with E-state index in [1.54, 1.807) is 53.4 Å². The summed E-state index contributed by atoms with van der Waals surface area (Å²) in [5, 5.41) is 0. The Kier molecular flexibility index (Phi) is 5.93. The topological polar surface area (TPSA) is 101 Å². The molecule has 0 radical (unpaired) electrons. The molecule has 1 aliphatic rings. The molecule has 2 amide bonds.